The highest BCUT2D eigenvalue weighted by Crippen LogP contribution is 2.28. The Hall–Kier alpha value is -2.91. The number of piperidine rings is 1. The normalized spacial score (nSPS) is 17.8. The SMILES string of the molecule is O=C(c1cncc(O)c1)N1CCCC(Oc2nccc(C(F)(F)F)n2)C1. The first-order chi connectivity index (χ1) is 12.3. The third-order valence-corrected chi connectivity index (χ3v) is 3.83. The lowest BCUT2D eigenvalue weighted by molar-refractivity contribution is -0.141. The van der Waals surface area contributed by atoms with Crippen LogP contribution >= 0.6 is 0 Å². The molecule has 138 valence electrons. The molecule has 1 unspecified atom stereocenters. The summed E-state index contributed by atoms with van der Waals surface area (Å²) < 4.78 is 43.6. The summed E-state index contributed by atoms with van der Waals surface area (Å²) in [5.74, 6) is -0.468. The molecule has 1 amide bonds. The van der Waals surface area contributed by atoms with E-state index in [-0.39, 0.29) is 29.8 Å². The van der Waals surface area contributed by atoms with Gasteiger partial charge in [-0.3, -0.25) is 9.78 Å². The minimum Gasteiger partial charge on any atom is -0.506 e. The van der Waals surface area contributed by atoms with Crippen molar-refractivity contribution in [2.24, 2.45) is 0 Å². The molecule has 0 aliphatic carbocycles. The van der Waals surface area contributed by atoms with Crippen LogP contribution in [0.2, 0.25) is 0 Å². The molecule has 0 spiro atoms. The van der Waals surface area contributed by atoms with Crippen LogP contribution in [0, 0.1) is 0 Å². The van der Waals surface area contributed by atoms with Crippen LogP contribution < -0.4 is 4.74 Å². The number of halogens is 3. The molecular weight excluding hydrogens is 353 g/mol. The smallest absolute Gasteiger partial charge is 0.433 e. The Morgan fingerprint density at radius 1 is 1.35 bits per heavy atom. The molecule has 1 atom stereocenters. The Balaban J connectivity index is 1.68. The van der Waals surface area contributed by atoms with Gasteiger partial charge in [0, 0.05) is 18.9 Å². The van der Waals surface area contributed by atoms with Crippen LogP contribution in [0.5, 0.6) is 11.8 Å². The molecular formula is C16H15F3N4O3. The Morgan fingerprint density at radius 2 is 2.15 bits per heavy atom. The minimum atomic E-state index is -4.59. The van der Waals surface area contributed by atoms with Gasteiger partial charge in [-0.15, -0.1) is 0 Å². The van der Waals surface area contributed by atoms with Gasteiger partial charge in [0.25, 0.3) is 5.91 Å². The highest BCUT2D eigenvalue weighted by Gasteiger charge is 2.33. The van der Waals surface area contributed by atoms with Gasteiger partial charge < -0.3 is 14.7 Å². The summed E-state index contributed by atoms with van der Waals surface area (Å²) in [6, 6.07) is 1.69. The zero-order valence-electron chi connectivity index (χ0n) is 13.5. The van der Waals surface area contributed by atoms with E-state index in [1.807, 2.05) is 0 Å². The van der Waals surface area contributed by atoms with Gasteiger partial charge in [0.05, 0.1) is 18.3 Å². The first-order valence-electron chi connectivity index (χ1n) is 7.83. The number of hydrogen-bond acceptors (Lipinski definition) is 6. The van der Waals surface area contributed by atoms with Crippen molar-refractivity contribution in [3.8, 4) is 11.8 Å². The molecule has 1 N–H and O–H groups in total. The molecule has 3 heterocycles. The monoisotopic (exact) mass is 368 g/mol. The third-order valence-electron chi connectivity index (χ3n) is 3.83. The fourth-order valence-corrected chi connectivity index (χ4v) is 2.65. The second-order valence-corrected chi connectivity index (χ2v) is 5.79. The van der Waals surface area contributed by atoms with Crippen molar-refractivity contribution in [3.63, 3.8) is 0 Å². The number of alkyl halides is 3. The maximum atomic E-state index is 12.7. The van der Waals surface area contributed by atoms with E-state index in [1.165, 1.54) is 23.4 Å². The fraction of sp³-hybridized carbons (Fsp3) is 0.375. The number of amides is 1. The quantitative estimate of drug-likeness (QED) is 0.894. The van der Waals surface area contributed by atoms with E-state index in [4.69, 9.17) is 4.74 Å². The lowest BCUT2D eigenvalue weighted by Crippen LogP contribution is -2.44. The van der Waals surface area contributed by atoms with Crippen molar-refractivity contribution in [1.29, 1.82) is 0 Å². The third kappa shape index (κ3) is 4.19. The lowest BCUT2D eigenvalue weighted by atomic mass is 10.1. The number of nitrogens with zero attached hydrogens (tertiary/aromatic N) is 4. The molecule has 0 radical (unpaired) electrons. The van der Waals surface area contributed by atoms with E-state index in [2.05, 4.69) is 15.0 Å². The Morgan fingerprint density at radius 3 is 2.88 bits per heavy atom. The Bertz CT molecular complexity index is 800. The molecule has 7 nitrogen and oxygen atoms in total. The molecule has 2 aromatic heterocycles. The van der Waals surface area contributed by atoms with Gasteiger partial charge in [0.1, 0.15) is 11.9 Å². The second-order valence-electron chi connectivity index (χ2n) is 5.79. The van der Waals surface area contributed by atoms with Crippen LogP contribution in [-0.4, -0.2) is 50.1 Å². The summed E-state index contributed by atoms with van der Waals surface area (Å²) in [7, 11) is 0. The Kier molecular flexibility index (Phi) is 4.92. The molecule has 3 rings (SSSR count). The zero-order chi connectivity index (χ0) is 18.7. The highest BCUT2D eigenvalue weighted by atomic mass is 19.4. The number of hydrogen-bond donors (Lipinski definition) is 1. The summed E-state index contributed by atoms with van der Waals surface area (Å²) >= 11 is 0. The molecule has 26 heavy (non-hydrogen) atoms. The molecule has 0 aromatic carbocycles. The lowest BCUT2D eigenvalue weighted by Gasteiger charge is -2.32. The highest BCUT2D eigenvalue weighted by molar-refractivity contribution is 5.94. The van der Waals surface area contributed by atoms with E-state index in [1.54, 1.807) is 0 Å². The van der Waals surface area contributed by atoms with Crippen LogP contribution in [0.15, 0.2) is 30.7 Å². The van der Waals surface area contributed by atoms with Crippen molar-refractivity contribution >= 4 is 5.91 Å². The first-order valence-corrected chi connectivity index (χ1v) is 7.83. The van der Waals surface area contributed by atoms with Gasteiger partial charge >= 0.3 is 12.2 Å². The topological polar surface area (TPSA) is 88.4 Å². The van der Waals surface area contributed by atoms with E-state index >= 15 is 0 Å². The van der Waals surface area contributed by atoms with Gasteiger partial charge in [0.2, 0.25) is 0 Å². The average Bonchev–Trinajstić information content (AvgIpc) is 2.61. The predicted molar refractivity (Wildman–Crippen MR) is 82.5 cm³/mol. The predicted octanol–water partition coefficient (Wildman–Crippen LogP) is 2.28. The summed E-state index contributed by atoms with van der Waals surface area (Å²) in [6.45, 7) is 0.645. The molecule has 1 saturated heterocycles. The Labute approximate surface area is 146 Å². The van der Waals surface area contributed by atoms with Gasteiger partial charge in [-0.2, -0.15) is 18.2 Å². The van der Waals surface area contributed by atoms with Crippen molar-refractivity contribution in [3.05, 3.63) is 42.0 Å². The van der Waals surface area contributed by atoms with E-state index in [9.17, 15) is 23.1 Å². The summed E-state index contributed by atoms with van der Waals surface area (Å²) in [5.41, 5.74) is -0.863. The van der Waals surface area contributed by atoms with Gasteiger partial charge in [0.15, 0.2) is 5.69 Å². The molecule has 10 heteroatoms. The van der Waals surface area contributed by atoms with Gasteiger partial charge in [-0.1, -0.05) is 0 Å². The van der Waals surface area contributed by atoms with Crippen LogP contribution in [0.3, 0.4) is 0 Å². The van der Waals surface area contributed by atoms with E-state index < -0.39 is 18.0 Å². The number of likely N-dealkylation sites (tertiary alicyclic amines) is 1. The van der Waals surface area contributed by atoms with Crippen LogP contribution in [0.4, 0.5) is 13.2 Å². The second kappa shape index (κ2) is 7.14. The first kappa shape index (κ1) is 17.9. The van der Waals surface area contributed by atoms with Gasteiger partial charge in [-0.05, 0) is 25.0 Å². The maximum Gasteiger partial charge on any atom is 0.433 e. The summed E-state index contributed by atoms with van der Waals surface area (Å²) in [5, 5.41) is 9.43. The number of carbonyl (C=O) groups excluding carboxylic acids is 1. The van der Waals surface area contributed by atoms with E-state index in [0.29, 0.717) is 19.4 Å². The van der Waals surface area contributed by atoms with Crippen molar-refractivity contribution in [2.45, 2.75) is 25.1 Å². The number of pyridine rings is 1. The van der Waals surface area contributed by atoms with Crippen molar-refractivity contribution < 1.29 is 27.8 Å². The number of rotatable bonds is 3. The van der Waals surface area contributed by atoms with E-state index in [0.717, 1.165) is 12.3 Å². The van der Waals surface area contributed by atoms with Crippen molar-refractivity contribution in [2.75, 3.05) is 13.1 Å². The number of aromatic hydroxyl groups is 1. The average molecular weight is 368 g/mol. The molecule has 2 aromatic rings. The van der Waals surface area contributed by atoms with Crippen LogP contribution in [0.25, 0.3) is 0 Å². The largest absolute Gasteiger partial charge is 0.506 e. The molecule has 1 aliphatic heterocycles. The molecule has 0 bridgehead atoms. The number of carbonyl (C=O) groups is 1. The summed E-state index contributed by atoms with van der Waals surface area (Å²) in [4.78, 5) is 24.8. The molecule has 1 fully saturated rings. The van der Waals surface area contributed by atoms with Gasteiger partial charge in [-0.25, -0.2) is 4.98 Å². The summed E-state index contributed by atoms with van der Waals surface area (Å²) in [6.07, 6.45) is -0.412. The van der Waals surface area contributed by atoms with Crippen molar-refractivity contribution in [1.82, 2.24) is 19.9 Å². The van der Waals surface area contributed by atoms with Crippen LogP contribution in [0.1, 0.15) is 28.9 Å². The number of ether oxygens (including phenoxy) is 1. The zero-order valence-corrected chi connectivity index (χ0v) is 13.5. The van der Waals surface area contributed by atoms with Crippen LogP contribution in [-0.2, 0) is 6.18 Å². The minimum absolute atomic E-state index is 0.127. The standard InChI is InChI=1S/C16H15F3N4O3/c17-16(18,19)13-3-4-21-15(22-13)26-12-2-1-5-23(9-12)14(25)10-6-11(24)8-20-7-10/h3-4,6-8,12,24H,1-2,5,9H2. The number of aromatic nitrogens is 3. The molecule has 1 aliphatic rings. The maximum absolute atomic E-state index is 12.7. The fourth-order valence-electron chi connectivity index (χ4n) is 2.65. The molecule has 0 saturated carbocycles.